The molecule has 0 aliphatic heterocycles. The number of hydrogen-bond donors (Lipinski definition) is 0. The van der Waals surface area contributed by atoms with Crippen LogP contribution in [0.15, 0.2) is 60.2 Å². The van der Waals surface area contributed by atoms with Gasteiger partial charge in [-0.1, -0.05) is 63.2 Å². The van der Waals surface area contributed by atoms with Crippen molar-refractivity contribution in [1.29, 1.82) is 0 Å². The van der Waals surface area contributed by atoms with Crippen molar-refractivity contribution in [2.24, 2.45) is 5.41 Å². The molecule has 27 heavy (non-hydrogen) atoms. The van der Waals surface area contributed by atoms with Crippen molar-refractivity contribution >= 4 is 11.7 Å². The lowest BCUT2D eigenvalue weighted by Gasteiger charge is -2.24. The Morgan fingerprint density at radius 1 is 1.00 bits per heavy atom. The minimum atomic E-state index is -0.432. The van der Waals surface area contributed by atoms with Crippen molar-refractivity contribution in [3.05, 3.63) is 71.3 Å². The number of benzene rings is 2. The lowest BCUT2D eigenvalue weighted by atomic mass is 9.84. The summed E-state index contributed by atoms with van der Waals surface area (Å²) in [7, 11) is 1.57. The molecule has 0 unspecified atom stereocenters. The van der Waals surface area contributed by atoms with Crippen molar-refractivity contribution in [1.82, 2.24) is 0 Å². The van der Waals surface area contributed by atoms with Gasteiger partial charge in [0.2, 0.25) is 0 Å². The Hall–Kier alpha value is -2.75. The van der Waals surface area contributed by atoms with Crippen LogP contribution in [0.25, 0.3) is 5.76 Å². The third-order valence-electron chi connectivity index (χ3n) is 4.01. The molecule has 144 valence electrons. The van der Waals surface area contributed by atoms with Gasteiger partial charge in [-0.2, -0.15) is 0 Å². The lowest BCUT2D eigenvalue weighted by molar-refractivity contribution is -0.139. The zero-order chi connectivity index (χ0) is 19.9. The molecule has 0 aromatic heterocycles. The van der Waals surface area contributed by atoms with Gasteiger partial charge in [-0.15, -0.1) is 0 Å². The monoisotopic (exact) mass is 368 g/mol. The molecule has 0 heterocycles. The summed E-state index contributed by atoms with van der Waals surface area (Å²) in [5.41, 5.74) is 1.94. The highest BCUT2D eigenvalue weighted by molar-refractivity contribution is 5.97. The second-order valence-corrected chi connectivity index (χ2v) is 7.18. The molecule has 0 bridgehead atoms. The number of rotatable bonds is 7. The molecule has 2 rings (SSSR count). The average Bonchev–Trinajstić information content (AvgIpc) is 2.64. The predicted molar refractivity (Wildman–Crippen MR) is 107 cm³/mol. The lowest BCUT2D eigenvalue weighted by Crippen LogP contribution is -2.22. The zero-order valence-electron chi connectivity index (χ0n) is 16.7. The van der Waals surface area contributed by atoms with Gasteiger partial charge in [0, 0.05) is 5.56 Å². The number of ether oxygens (including phenoxy) is 3. The molecule has 0 spiro atoms. The van der Waals surface area contributed by atoms with E-state index < -0.39 is 5.41 Å². The van der Waals surface area contributed by atoms with E-state index in [4.69, 9.17) is 14.2 Å². The Morgan fingerprint density at radius 3 is 2.30 bits per heavy atom. The Bertz CT molecular complexity index is 786. The summed E-state index contributed by atoms with van der Waals surface area (Å²) in [4.78, 5) is 12.6. The average molecular weight is 368 g/mol. The normalized spacial score (nSPS) is 12.2. The van der Waals surface area contributed by atoms with Gasteiger partial charge in [0.15, 0.2) is 0 Å². The van der Waals surface area contributed by atoms with Crippen LogP contribution in [0, 0.1) is 5.41 Å². The van der Waals surface area contributed by atoms with Crippen LogP contribution in [0.5, 0.6) is 5.75 Å². The molecule has 4 heteroatoms. The van der Waals surface area contributed by atoms with E-state index in [1.165, 1.54) is 0 Å². The van der Waals surface area contributed by atoms with Crippen LogP contribution in [0.1, 0.15) is 38.8 Å². The second-order valence-electron chi connectivity index (χ2n) is 7.18. The molecule has 0 atom stereocenters. The third kappa shape index (κ3) is 5.61. The molecule has 0 N–H and O–H groups in total. The van der Waals surface area contributed by atoms with Crippen molar-refractivity contribution in [2.75, 3.05) is 13.7 Å². The van der Waals surface area contributed by atoms with Gasteiger partial charge >= 0.3 is 5.97 Å². The minimum absolute atomic E-state index is 0.315. The first-order valence-corrected chi connectivity index (χ1v) is 9.09. The van der Waals surface area contributed by atoms with Gasteiger partial charge in [-0.3, -0.25) is 0 Å². The Labute approximate surface area is 161 Å². The number of carbonyl (C=O) groups excluding carboxylic acids is 1. The Kier molecular flexibility index (Phi) is 7.05. The van der Waals surface area contributed by atoms with Crippen molar-refractivity contribution < 1.29 is 19.0 Å². The zero-order valence-corrected chi connectivity index (χ0v) is 16.7. The quantitative estimate of drug-likeness (QED) is 0.381. The van der Waals surface area contributed by atoms with Crippen LogP contribution < -0.4 is 4.74 Å². The predicted octanol–water partition coefficient (Wildman–Crippen LogP) is 5.23. The summed E-state index contributed by atoms with van der Waals surface area (Å²) in [6, 6.07) is 17.5. The molecule has 0 saturated heterocycles. The number of methoxy groups -OCH3 is 1. The fourth-order valence-electron chi connectivity index (χ4n) is 2.78. The molecular formula is C23H28O4. The van der Waals surface area contributed by atoms with E-state index in [2.05, 4.69) is 0 Å². The van der Waals surface area contributed by atoms with Crippen LogP contribution in [0.2, 0.25) is 0 Å². The minimum Gasteiger partial charge on any atom is -0.496 e. The highest BCUT2D eigenvalue weighted by Crippen LogP contribution is 2.35. The fourth-order valence-corrected chi connectivity index (χ4v) is 2.78. The fraction of sp³-hybridized carbons (Fsp3) is 0.348. The van der Waals surface area contributed by atoms with Gasteiger partial charge in [0.05, 0.1) is 19.3 Å². The van der Waals surface area contributed by atoms with E-state index in [9.17, 15) is 4.79 Å². The molecule has 2 aromatic rings. The molecule has 0 saturated carbocycles. The highest BCUT2D eigenvalue weighted by atomic mass is 16.5. The first-order chi connectivity index (χ1) is 12.9. The van der Waals surface area contributed by atoms with Crippen LogP contribution in [0.4, 0.5) is 0 Å². The van der Waals surface area contributed by atoms with Gasteiger partial charge in [0.25, 0.3) is 0 Å². The van der Waals surface area contributed by atoms with Crippen molar-refractivity contribution in [3.8, 4) is 5.75 Å². The SMILES string of the molecule is CCOC(=O)/C(=C(\OC)c1cccc(OCc2ccccc2)c1)C(C)(C)C. The largest absolute Gasteiger partial charge is 0.496 e. The summed E-state index contributed by atoms with van der Waals surface area (Å²) >= 11 is 0. The Morgan fingerprint density at radius 2 is 1.70 bits per heavy atom. The first-order valence-electron chi connectivity index (χ1n) is 9.09. The number of carbonyl (C=O) groups is 1. The maximum atomic E-state index is 12.6. The van der Waals surface area contributed by atoms with Gasteiger partial charge in [-0.25, -0.2) is 4.79 Å². The van der Waals surface area contributed by atoms with Crippen LogP contribution in [-0.2, 0) is 20.9 Å². The van der Waals surface area contributed by atoms with Gasteiger partial charge in [-0.05, 0) is 30.0 Å². The molecule has 0 fully saturated rings. The molecule has 0 radical (unpaired) electrons. The van der Waals surface area contributed by atoms with Crippen molar-refractivity contribution in [2.45, 2.75) is 34.3 Å². The highest BCUT2D eigenvalue weighted by Gasteiger charge is 2.30. The summed E-state index contributed by atoms with van der Waals surface area (Å²) in [5.74, 6) is 0.853. The molecular weight excluding hydrogens is 340 g/mol. The first kappa shape index (κ1) is 20.6. The van der Waals surface area contributed by atoms with Gasteiger partial charge < -0.3 is 14.2 Å². The summed E-state index contributed by atoms with van der Waals surface area (Å²) in [6.45, 7) is 8.48. The second kappa shape index (κ2) is 9.26. The molecule has 4 nitrogen and oxygen atoms in total. The Balaban J connectivity index is 2.36. The summed E-state index contributed by atoms with van der Waals surface area (Å²) in [5, 5.41) is 0. The van der Waals surface area contributed by atoms with Gasteiger partial charge in [0.1, 0.15) is 18.1 Å². The summed E-state index contributed by atoms with van der Waals surface area (Å²) < 4.78 is 16.8. The molecule has 0 amide bonds. The third-order valence-corrected chi connectivity index (χ3v) is 4.01. The van der Waals surface area contributed by atoms with E-state index >= 15 is 0 Å². The molecule has 0 aliphatic rings. The van der Waals surface area contributed by atoms with E-state index in [0.29, 0.717) is 30.3 Å². The maximum absolute atomic E-state index is 12.6. The number of esters is 1. The van der Waals surface area contributed by atoms with Crippen LogP contribution >= 0.6 is 0 Å². The van der Waals surface area contributed by atoms with E-state index in [-0.39, 0.29) is 5.97 Å². The molecule has 2 aromatic carbocycles. The summed E-state index contributed by atoms with van der Waals surface area (Å²) in [6.07, 6.45) is 0. The topological polar surface area (TPSA) is 44.8 Å². The van der Waals surface area contributed by atoms with Crippen LogP contribution in [0.3, 0.4) is 0 Å². The van der Waals surface area contributed by atoms with E-state index in [1.807, 2.05) is 75.4 Å². The van der Waals surface area contributed by atoms with Crippen molar-refractivity contribution in [3.63, 3.8) is 0 Å². The van der Waals surface area contributed by atoms with E-state index in [0.717, 1.165) is 11.1 Å². The number of hydrogen-bond acceptors (Lipinski definition) is 4. The maximum Gasteiger partial charge on any atom is 0.338 e. The van der Waals surface area contributed by atoms with Crippen LogP contribution in [-0.4, -0.2) is 19.7 Å². The molecule has 0 aliphatic carbocycles. The standard InChI is InChI=1S/C23H28O4/c1-6-26-22(24)20(23(2,3)4)21(25-5)18-13-10-14-19(15-18)27-16-17-11-8-7-9-12-17/h7-15H,6,16H2,1-5H3/b21-20+. The van der Waals surface area contributed by atoms with E-state index in [1.54, 1.807) is 14.0 Å². The smallest absolute Gasteiger partial charge is 0.338 e.